The highest BCUT2D eigenvalue weighted by Crippen LogP contribution is 2.17. The summed E-state index contributed by atoms with van der Waals surface area (Å²) in [5, 5.41) is 13.2. The van der Waals surface area contributed by atoms with Crippen LogP contribution in [0.5, 0.6) is 0 Å². The lowest BCUT2D eigenvalue weighted by molar-refractivity contribution is -0.155. The SMILES string of the molecule is CC1(C)NC([C@H](O)/C=C/COC2CCCCO2)CO1. The molecule has 5 nitrogen and oxygen atoms in total. The van der Waals surface area contributed by atoms with Crippen molar-refractivity contribution in [2.45, 2.75) is 57.3 Å². The van der Waals surface area contributed by atoms with Crippen LogP contribution in [0.2, 0.25) is 0 Å². The van der Waals surface area contributed by atoms with Crippen molar-refractivity contribution in [3.8, 4) is 0 Å². The van der Waals surface area contributed by atoms with Crippen LogP contribution in [0.3, 0.4) is 0 Å². The molecule has 0 aliphatic carbocycles. The third kappa shape index (κ3) is 4.85. The van der Waals surface area contributed by atoms with Crippen LogP contribution >= 0.6 is 0 Å². The van der Waals surface area contributed by atoms with Crippen LogP contribution in [0.25, 0.3) is 0 Å². The van der Waals surface area contributed by atoms with Gasteiger partial charge >= 0.3 is 0 Å². The first-order valence-corrected chi connectivity index (χ1v) is 7.06. The Morgan fingerprint density at radius 1 is 1.47 bits per heavy atom. The zero-order chi connectivity index (χ0) is 13.7. The molecule has 0 bridgehead atoms. The highest BCUT2D eigenvalue weighted by atomic mass is 16.7. The van der Waals surface area contributed by atoms with Gasteiger partial charge in [-0.05, 0) is 33.1 Å². The molecule has 2 aliphatic rings. The normalized spacial score (nSPS) is 32.8. The number of nitrogens with one attached hydrogen (secondary N) is 1. The second-order valence-electron chi connectivity index (χ2n) is 5.62. The monoisotopic (exact) mass is 271 g/mol. The average Bonchev–Trinajstić information content (AvgIpc) is 2.76. The van der Waals surface area contributed by atoms with Gasteiger partial charge in [-0.2, -0.15) is 0 Å². The summed E-state index contributed by atoms with van der Waals surface area (Å²) >= 11 is 0. The zero-order valence-corrected chi connectivity index (χ0v) is 11.8. The molecule has 2 heterocycles. The zero-order valence-electron chi connectivity index (χ0n) is 11.8. The Morgan fingerprint density at radius 2 is 2.32 bits per heavy atom. The quantitative estimate of drug-likeness (QED) is 0.735. The third-order valence-electron chi connectivity index (χ3n) is 3.42. The number of rotatable bonds is 5. The van der Waals surface area contributed by atoms with Gasteiger partial charge in [-0.25, -0.2) is 0 Å². The summed E-state index contributed by atoms with van der Waals surface area (Å²) < 4.78 is 16.5. The maximum atomic E-state index is 10.0. The van der Waals surface area contributed by atoms with Crippen LogP contribution in [0.4, 0.5) is 0 Å². The van der Waals surface area contributed by atoms with Gasteiger partial charge in [0, 0.05) is 6.61 Å². The summed E-state index contributed by atoms with van der Waals surface area (Å²) in [5.74, 6) is 0. The fourth-order valence-electron chi connectivity index (χ4n) is 2.35. The molecule has 0 aromatic heterocycles. The van der Waals surface area contributed by atoms with E-state index in [-0.39, 0.29) is 18.1 Å². The Balaban J connectivity index is 1.64. The van der Waals surface area contributed by atoms with Gasteiger partial charge in [-0.15, -0.1) is 0 Å². The molecular formula is C14H25NO4. The van der Waals surface area contributed by atoms with Gasteiger partial charge in [0.15, 0.2) is 6.29 Å². The summed E-state index contributed by atoms with van der Waals surface area (Å²) in [4.78, 5) is 0. The Morgan fingerprint density at radius 3 is 2.95 bits per heavy atom. The number of hydrogen-bond donors (Lipinski definition) is 2. The van der Waals surface area contributed by atoms with Gasteiger partial charge in [-0.3, -0.25) is 5.32 Å². The first kappa shape index (κ1) is 14.9. The minimum Gasteiger partial charge on any atom is -0.387 e. The maximum Gasteiger partial charge on any atom is 0.157 e. The molecule has 5 heteroatoms. The van der Waals surface area contributed by atoms with Crippen molar-refractivity contribution in [1.29, 1.82) is 0 Å². The van der Waals surface area contributed by atoms with E-state index >= 15 is 0 Å². The van der Waals surface area contributed by atoms with Gasteiger partial charge in [0.1, 0.15) is 5.72 Å². The van der Waals surface area contributed by atoms with Gasteiger partial charge in [0.05, 0.1) is 25.4 Å². The molecule has 3 atom stereocenters. The Kier molecular flexibility index (Phi) is 5.36. The molecule has 110 valence electrons. The molecule has 0 radical (unpaired) electrons. The molecule has 0 saturated carbocycles. The Hall–Kier alpha value is -0.460. The second-order valence-corrected chi connectivity index (χ2v) is 5.62. The van der Waals surface area contributed by atoms with Crippen LogP contribution in [-0.2, 0) is 14.2 Å². The highest BCUT2D eigenvalue weighted by Gasteiger charge is 2.33. The smallest absolute Gasteiger partial charge is 0.157 e. The molecule has 0 amide bonds. The van der Waals surface area contributed by atoms with Crippen molar-refractivity contribution < 1.29 is 19.3 Å². The van der Waals surface area contributed by atoms with Crippen LogP contribution < -0.4 is 5.32 Å². The van der Waals surface area contributed by atoms with Crippen molar-refractivity contribution in [3.05, 3.63) is 12.2 Å². The Labute approximate surface area is 114 Å². The highest BCUT2D eigenvalue weighted by molar-refractivity contribution is 4.98. The van der Waals surface area contributed by atoms with Crippen molar-refractivity contribution in [2.24, 2.45) is 0 Å². The molecule has 0 aromatic rings. The molecule has 2 saturated heterocycles. The first-order valence-electron chi connectivity index (χ1n) is 7.06. The molecule has 2 N–H and O–H groups in total. The number of aliphatic hydroxyl groups is 1. The summed E-state index contributed by atoms with van der Waals surface area (Å²) in [7, 11) is 0. The number of ether oxygens (including phenoxy) is 3. The first-order chi connectivity index (χ1) is 9.07. The molecule has 0 aromatic carbocycles. The van der Waals surface area contributed by atoms with E-state index in [2.05, 4.69) is 5.32 Å². The standard InChI is InChI=1S/C14H25NO4/c1-14(2)15-11(10-19-14)12(16)6-5-9-18-13-7-3-4-8-17-13/h5-6,11-13,15-16H,3-4,7-10H2,1-2H3/b6-5+/t11?,12-,13?/m1/s1. The predicted octanol–water partition coefficient (Wildman–Crippen LogP) is 1.17. The largest absolute Gasteiger partial charge is 0.387 e. The van der Waals surface area contributed by atoms with Crippen LogP contribution in [0.1, 0.15) is 33.1 Å². The third-order valence-corrected chi connectivity index (χ3v) is 3.42. The lowest BCUT2D eigenvalue weighted by Crippen LogP contribution is -2.43. The van der Waals surface area contributed by atoms with E-state index in [1.54, 1.807) is 6.08 Å². The molecular weight excluding hydrogens is 246 g/mol. The number of aliphatic hydroxyl groups excluding tert-OH is 1. The number of hydrogen-bond acceptors (Lipinski definition) is 5. The molecule has 2 unspecified atom stereocenters. The van der Waals surface area contributed by atoms with Crippen molar-refractivity contribution in [2.75, 3.05) is 19.8 Å². The van der Waals surface area contributed by atoms with E-state index in [0.717, 1.165) is 25.9 Å². The molecule has 2 rings (SSSR count). The van der Waals surface area contributed by atoms with Crippen molar-refractivity contribution in [1.82, 2.24) is 5.32 Å². The van der Waals surface area contributed by atoms with Gasteiger partial charge in [0.2, 0.25) is 0 Å². The lowest BCUT2D eigenvalue weighted by Gasteiger charge is -2.22. The predicted molar refractivity (Wildman–Crippen MR) is 71.6 cm³/mol. The average molecular weight is 271 g/mol. The topological polar surface area (TPSA) is 60.0 Å². The molecule has 2 aliphatic heterocycles. The summed E-state index contributed by atoms with van der Waals surface area (Å²) in [5.41, 5.74) is -0.355. The maximum absolute atomic E-state index is 10.0. The minimum absolute atomic E-state index is 0.0582. The van der Waals surface area contributed by atoms with E-state index in [0.29, 0.717) is 13.2 Å². The molecule has 2 fully saturated rings. The van der Waals surface area contributed by atoms with Crippen LogP contribution in [-0.4, -0.2) is 49.1 Å². The van der Waals surface area contributed by atoms with E-state index < -0.39 is 6.10 Å². The Bertz CT molecular complexity index is 300. The van der Waals surface area contributed by atoms with Gasteiger partial charge < -0.3 is 19.3 Å². The van der Waals surface area contributed by atoms with E-state index in [1.807, 2.05) is 19.9 Å². The lowest BCUT2D eigenvalue weighted by atomic mass is 10.1. The fraction of sp³-hybridized carbons (Fsp3) is 0.857. The summed E-state index contributed by atoms with van der Waals surface area (Å²) in [6, 6.07) is -0.0582. The van der Waals surface area contributed by atoms with Crippen LogP contribution in [0.15, 0.2) is 12.2 Å². The van der Waals surface area contributed by atoms with Crippen molar-refractivity contribution >= 4 is 0 Å². The van der Waals surface area contributed by atoms with Crippen molar-refractivity contribution in [3.63, 3.8) is 0 Å². The molecule has 0 spiro atoms. The van der Waals surface area contributed by atoms with E-state index in [9.17, 15) is 5.11 Å². The van der Waals surface area contributed by atoms with Gasteiger partial charge in [0.25, 0.3) is 0 Å². The van der Waals surface area contributed by atoms with Crippen LogP contribution in [0, 0.1) is 0 Å². The van der Waals surface area contributed by atoms with Gasteiger partial charge in [-0.1, -0.05) is 12.2 Å². The fourth-order valence-corrected chi connectivity index (χ4v) is 2.35. The minimum atomic E-state index is -0.558. The van der Waals surface area contributed by atoms with E-state index in [4.69, 9.17) is 14.2 Å². The van der Waals surface area contributed by atoms with E-state index in [1.165, 1.54) is 0 Å². The second kappa shape index (κ2) is 6.81. The summed E-state index contributed by atoms with van der Waals surface area (Å²) in [6.07, 6.45) is 6.20. The summed E-state index contributed by atoms with van der Waals surface area (Å²) in [6.45, 7) is 5.68. The molecule has 19 heavy (non-hydrogen) atoms.